The van der Waals surface area contributed by atoms with Crippen LogP contribution in [0.1, 0.15) is 121 Å². The third kappa shape index (κ3) is 12.4. The SMILES string of the molecule is CC(C)(C)OC(=O)NC(C(=O)Cc1nnc(CCCCc2nnc(NC(=O)C(NC(=O)OC(C)(C)C)C3CCCC3)s2)s1)C1CCCC1. The van der Waals surface area contributed by atoms with Gasteiger partial charge in [-0.15, -0.1) is 31.7 Å². The van der Waals surface area contributed by atoms with E-state index in [1.807, 2.05) is 0 Å². The average Bonchev–Trinajstić information content (AvgIpc) is 3.80. The van der Waals surface area contributed by atoms with Crippen LogP contribution < -0.4 is 16.0 Å². The summed E-state index contributed by atoms with van der Waals surface area (Å²) in [4.78, 5) is 51.4. The first-order chi connectivity index (χ1) is 22.6. The third-order valence-corrected chi connectivity index (χ3v) is 10.2. The zero-order valence-corrected chi connectivity index (χ0v) is 30.7. The van der Waals surface area contributed by atoms with Crippen molar-refractivity contribution in [2.75, 3.05) is 5.32 Å². The van der Waals surface area contributed by atoms with Crippen molar-refractivity contribution in [2.24, 2.45) is 11.8 Å². The van der Waals surface area contributed by atoms with Crippen molar-refractivity contribution < 1.29 is 28.7 Å². The lowest BCUT2D eigenvalue weighted by Gasteiger charge is -2.26. The van der Waals surface area contributed by atoms with Crippen molar-refractivity contribution in [2.45, 2.75) is 148 Å². The van der Waals surface area contributed by atoms with Gasteiger partial charge in [0.2, 0.25) is 11.0 Å². The average molecular weight is 706 g/mol. The van der Waals surface area contributed by atoms with Crippen LogP contribution in [-0.2, 0) is 38.3 Å². The van der Waals surface area contributed by atoms with Gasteiger partial charge in [0.05, 0.1) is 12.5 Å². The van der Waals surface area contributed by atoms with Crippen LogP contribution in [-0.4, -0.2) is 67.6 Å². The van der Waals surface area contributed by atoms with Crippen LogP contribution in [0.5, 0.6) is 0 Å². The molecule has 0 spiro atoms. The van der Waals surface area contributed by atoms with Crippen LogP contribution in [0.3, 0.4) is 0 Å². The monoisotopic (exact) mass is 705 g/mol. The van der Waals surface area contributed by atoms with Crippen molar-refractivity contribution in [3.63, 3.8) is 0 Å². The topological polar surface area (TPSA) is 174 Å². The smallest absolute Gasteiger partial charge is 0.408 e. The van der Waals surface area contributed by atoms with Gasteiger partial charge in [-0.1, -0.05) is 37.0 Å². The maximum atomic E-state index is 13.3. The second-order valence-electron chi connectivity index (χ2n) is 14.8. The molecular formula is C33H51N7O6S2. The fraction of sp³-hybridized carbons (Fsp3) is 0.758. The van der Waals surface area contributed by atoms with Crippen LogP contribution in [0.15, 0.2) is 0 Å². The Bertz CT molecular complexity index is 1280. The number of hydrogen-bond donors (Lipinski definition) is 3. The molecule has 2 heterocycles. The molecule has 4 rings (SSSR count). The molecule has 3 N–H and O–H groups in total. The number of amides is 3. The predicted molar refractivity (Wildman–Crippen MR) is 184 cm³/mol. The van der Waals surface area contributed by atoms with E-state index in [4.69, 9.17) is 9.47 Å². The minimum atomic E-state index is -0.698. The van der Waals surface area contributed by atoms with E-state index in [9.17, 15) is 19.2 Å². The number of alkyl carbamates (subject to hydrolysis) is 2. The molecule has 0 bridgehead atoms. The molecule has 2 unspecified atom stereocenters. The first-order valence-electron chi connectivity index (χ1n) is 17.1. The van der Waals surface area contributed by atoms with Gasteiger partial charge in [-0.25, -0.2) is 9.59 Å². The highest BCUT2D eigenvalue weighted by Crippen LogP contribution is 2.30. The number of ether oxygens (including phenoxy) is 2. The molecule has 15 heteroatoms. The molecule has 2 aromatic rings. The Kier molecular flexibility index (Phi) is 13.3. The molecule has 2 fully saturated rings. The largest absolute Gasteiger partial charge is 0.444 e. The Hall–Kier alpha value is -3.20. The number of carbonyl (C=O) groups excluding carboxylic acids is 4. The fourth-order valence-corrected chi connectivity index (χ4v) is 7.85. The lowest BCUT2D eigenvalue weighted by Crippen LogP contribution is -2.49. The second kappa shape index (κ2) is 17.0. The number of aromatic nitrogens is 4. The normalized spacial score (nSPS) is 17.1. The quantitative estimate of drug-likeness (QED) is 0.193. The molecule has 2 aromatic heterocycles. The number of aryl methyl sites for hydroxylation is 2. The maximum Gasteiger partial charge on any atom is 0.408 e. The highest BCUT2D eigenvalue weighted by Gasteiger charge is 2.35. The van der Waals surface area contributed by atoms with Crippen LogP contribution in [0.25, 0.3) is 0 Å². The van der Waals surface area contributed by atoms with Crippen molar-refractivity contribution in [3.8, 4) is 0 Å². The summed E-state index contributed by atoms with van der Waals surface area (Å²) in [7, 11) is 0. The molecule has 2 saturated carbocycles. The van der Waals surface area contributed by atoms with E-state index < -0.39 is 35.5 Å². The van der Waals surface area contributed by atoms with Gasteiger partial charge < -0.3 is 20.1 Å². The van der Waals surface area contributed by atoms with Gasteiger partial charge in [0.15, 0.2) is 5.78 Å². The summed E-state index contributed by atoms with van der Waals surface area (Å²) in [6, 6.07) is -1.29. The minimum absolute atomic E-state index is 0.0477. The van der Waals surface area contributed by atoms with Crippen molar-refractivity contribution in [1.82, 2.24) is 31.0 Å². The van der Waals surface area contributed by atoms with Crippen molar-refractivity contribution in [1.29, 1.82) is 0 Å². The van der Waals surface area contributed by atoms with E-state index in [1.165, 1.54) is 22.7 Å². The molecule has 48 heavy (non-hydrogen) atoms. The molecule has 0 saturated heterocycles. The zero-order valence-electron chi connectivity index (χ0n) is 29.1. The second-order valence-corrected chi connectivity index (χ2v) is 17.0. The summed E-state index contributed by atoms with van der Waals surface area (Å²) < 4.78 is 10.8. The molecule has 2 aliphatic rings. The van der Waals surface area contributed by atoms with E-state index in [0.29, 0.717) is 16.6 Å². The number of unbranched alkanes of at least 4 members (excludes halogenated alkanes) is 1. The third-order valence-electron chi connectivity index (χ3n) is 8.28. The number of hydrogen-bond acceptors (Lipinski definition) is 12. The summed E-state index contributed by atoms with van der Waals surface area (Å²) in [6.07, 6.45) is 9.75. The Morgan fingerprint density at radius 3 is 1.69 bits per heavy atom. The lowest BCUT2D eigenvalue weighted by molar-refractivity contribution is -0.121. The summed E-state index contributed by atoms with van der Waals surface area (Å²) >= 11 is 2.76. The van der Waals surface area contributed by atoms with Crippen LogP contribution >= 0.6 is 22.7 Å². The summed E-state index contributed by atoms with van der Waals surface area (Å²) in [5, 5.41) is 28.1. The van der Waals surface area contributed by atoms with Gasteiger partial charge in [0.1, 0.15) is 32.3 Å². The van der Waals surface area contributed by atoms with E-state index >= 15 is 0 Å². The van der Waals surface area contributed by atoms with Crippen molar-refractivity contribution in [3.05, 3.63) is 15.0 Å². The number of Topliss-reactive ketones (excluding diaryl/α,β-unsaturated/α-hetero) is 1. The molecule has 3 amide bonds. The molecule has 0 radical (unpaired) electrons. The summed E-state index contributed by atoms with van der Waals surface area (Å²) in [5.74, 6) is -0.221. The molecule has 266 valence electrons. The Labute approximate surface area is 291 Å². The Morgan fingerprint density at radius 1 is 0.688 bits per heavy atom. The highest BCUT2D eigenvalue weighted by atomic mass is 32.1. The fourth-order valence-electron chi connectivity index (χ4n) is 6.17. The standard InChI is InChI=1S/C33H51N7O6S2/c1-32(2,3)45-30(43)34-26(20-13-7-8-14-20)22(41)19-25-39-37-23(47-25)17-11-12-18-24-38-40-29(48-24)36-28(42)27(21-15-9-10-16-21)35-31(44)46-33(4,5)6/h20-21,26-27H,7-19H2,1-6H3,(H,34,43)(H,35,44)(H,36,40,42). The van der Waals surface area contributed by atoms with E-state index in [2.05, 4.69) is 36.3 Å². The van der Waals surface area contributed by atoms with Crippen molar-refractivity contribution >= 4 is 51.7 Å². The van der Waals surface area contributed by atoms with Gasteiger partial charge in [0, 0.05) is 12.8 Å². The number of nitrogens with one attached hydrogen (secondary N) is 3. The number of carbonyl (C=O) groups is 4. The van der Waals surface area contributed by atoms with E-state index in [0.717, 1.165) is 80.6 Å². The molecule has 13 nitrogen and oxygen atoms in total. The zero-order chi connectivity index (χ0) is 34.9. The molecule has 2 aliphatic carbocycles. The predicted octanol–water partition coefficient (Wildman–Crippen LogP) is 6.17. The molecule has 0 aliphatic heterocycles. The summed E-state index contributed by atoms with van der Waals surface area (Å²) in [5.41, 5.74) is -1.30. The van der Waals surface area contributed by atoms with Crippen LogP contribution in [0.4, 0.5) is 14.7 Å². The van der Waals surface area contributed by atoms with Crippen LogP contribution in [0, 0.1) is 11.8 Å². The van der Waals surface area contributed by atoms with Gasteiger partial charge in [-0.3, -0.25) is 14.9 Å². The summed E-state index contributed by atoms with van der Waals surface area (Å²) in [6.45, 7) is 10.8. The number of anilines is 1. The molecule has 2 atom stereocenters. The van der Waals surface area contributed by atoms with Gasteiger partial charge in [-0.2, -0.15) is 0 Å². The molecular weight excluding hydrogens is 655 g/mol. The first kappa shape index (κ1) is 37.6. The van der Waals surface area contributed by atoms with Crippen LogP contribution in [0.2, 0.25) is 0 Å². The maximum absolute atomic E-state index is 13.3. The van der Waals surface area contributed by atoms with Gasteiger partial charge >= 0.3 is 12.2 Å². The lowest BCUT2D eigenvalue weighted by atomic mass is 9.93. The Balaban J connectivity index is 1.22. The number of ketones is 1. The van der Waals surface area contributed by atoms with Gasteiger partial charge in [0.25, 0.3) is 0 Å². The minimum Gasteiger partial charge on any atom is -0.444 e. The Morgan fingerprint density at radius 2 is 1.15 bits per heavy atom. The van der Waals surface area contributed by atoms with E-state index in [1.54, 1.807) is 41.5 Å². The number of rotatable bonds is 14. The molecule has 0 aromatic carbocycles. The number of nitrogens with zero attached hydrogens (tertiary/aromatic N) is 4. The van der Waals surface area contributed by atoms with E-state index in [-0.39, 0.29) is 29.9 Å². The first-order valence-corrected chi connectivity index (χ1v) is 18.7. The highest BCUT2D eigenvalue weighted by molar-refractivity contribution is 7.15. The van der Waals surface area contributed by atoms with Gasteiger partial charge in [-0.05, 0) is 91.9 Å².